The molecule has 1 aliphatic rings. The van der Waals surface area contributed by atoms with Gasteiger partial charge in [-0.1, -0.05) is 0 Å². The van der Waals surface area contributed by atoms with Gasteiger partial charge in [-0.2, -0.15) is 4.31 Å². The first-order chi connectivity index (χ1) is 9.80. The molecule has 2 rings (SSSR count). The average Bonchev–Trinajstić information content (AvgIpc) is 2.38. The summed E-state index contributed by atoms with van der Waals surface area (Å²) in [6.07, 6.45) is 1.10. The van der Waals surface area contributed by atoms with Crippen molar-refractivity contribution >= 4 is 31.9 Å². The van der Waals surface area contributed by atoms with E-state index in [-0.39, 0.29) is 34.8 Å². The first-order valence-electron chi connectivity index (χ1n) is 6.47. The maximum absolute atomic E-state index is 13.1. The van der Waals surface area contributed by atoms with Gasteiger partial charge in [0.2, 0.25) is 10.0 Å². The Kier molecular flexibility index (Phi) is 5.00. The highest BCUT2D eigenvalue weighted by Crippen LogP contribution is 2.29. The minimum Gasteiger partial charge on any atom is -0.481 e. The van der Waals surface area contributed by atoms with Crippen LogP contribution in [-0.4, -0.2) is 36.9 Å². The van der Waals surface area contributed by atoms with Gasteiger partial charge in [-0.15, -0.1) is 0 Å². The van der Waals surface area contributed by atoms with Gasteiger partial charge in [-0.3, -0.25) is 4.79 Å². The summed E-state index contributed by atoms with van der Waals surface area (Å²) in [5.41, 5.74) is 0. The van der Waals surface area contributed by atoms with Crippen LogP contribution in [0.1, 0.15) is 19.3 Å². The summed E-state index contributed by atoms with van der Waals surface area (Å²) in [4.78, 5) is 10.7. The molecular formula is C13H15BrFNO4S. The molecule has 1 fully saturated rings. The lowest BCUT2D eigenvalue weighted by atomic mass is 9.95. The molecule has 0 bridgehead atoms. The summed E-state index contributed by atoms with van der Waals surface area (Å²) in [5, 5.41) is 8.76. The molecule has 0 atom stereocenters. The Hall–Kier alpha value is -0.990. The molecule has 1 saturated heterocycles. The zero-order valence-corrected chi connectivity index (χ0v) is 13.5. The van der Waals surface area contributed by atoms with Crippen LogP contribution in [-0.2, 0) is 14.8 Å². The fourth-order valence-corrected chi connectivity index (χ4v) is 4.90. The molecule has 0 aromatic heterocycles. The molecule has 1 heterocycles. The molecule has 5 nitrogen and oxygen atoms in total. The van der Waals surface area contributed by atoms with E-state index < -0.39 is 21.8 Å². The molecule has 0 aliphatic carbocycles. The number of aliphatic carboxylic acids is 1. The van der Waals surface area contributed by atoms with Crippen LogP contribution in [0.25, 0.3) is 0 Å². The fraction of sp³-hybridized carbons (Fsp3) is 0.462. The lowest BCUT2D eigenvalue weighted by Gasteiger charge is -2.30. The van der Waals surface area contributed by atoms with Crippen LogP contribution in [0, 0.1) is 11.7 Å². The topological polar surface area (TPSA) is 74.7 Å². The van der Waals surface area contributed by atoms with Crippen LogP contribution >= 0.6 is 15.9 Å². The third-order valence-corrected chi connectivity index (χ3v) is 6.42. The molecule has 8 heteroatoms. The lowest BCUT2D eigenvalue weighted by molar-refractivity contribution is -0.138. The Bertz CT molecular complexity index is 642. The van der Waals surface area contributed by atoms with Crippen molar-refractivity contribution in [1.82, 2.24) is 4.31 Å². The summed E-state index contributed by atoms with van der Waals surface area (Å²) in [6.45, 7) is 0.564. The first-order valence-corrected chi connectivity index (χ1v) is 8.71. The van der Waals surface area contributed by atoms with Gasteiger partial charge in [0.15, 0.2) is 0 Å². The molecule has 0 unspecified atom stereocenters. The number of carboxylic acid groups (broad SMARTS) is 1. The Balaban J connectivity index is 2.13. The average molecular weight is 380 g/mol. The molecule has 1 aromatic rings. The monoisotopic (exact) mass is 379 g/mol. The van der Waals surface area contributed by atoms with Crippen molar-refractivity contribution in [3.63, 3.8) is 0 Å². The number of halogens is 2. The third kappa shape index (κ3) is 3.81. The zero-order chi connectivity index (χ0) is 15.6. The predicted octanol–water partition coefficient (Wildman–Crippen LogP) is 2.46. The Morgan fingerprint density at radius 3 is 2.52 bits per heavy atom. The van der Waals surface area contributed by atoms with E-state index >= 15 is 0 Å². The van der Waals surface area contributed by atoms with E-state index in [1.165, 1.54) is 10.4 Å². The van der Waals surface area contributed by atoms with E-state index in [4.69, 9.17) is 5.11 Å². The van der Waals surface area contributed by atoms with Crippen molar-refractivity contribution < 1.29 is 22.7 Å². The summed E-state index contributed by atoms with van der Waals surface area (Å²) in [7, 11) is -3.69. The van der Waals surface area contributed by atoms with E-state index in [2.05, 4.69) is 15.9 Å². The van der Waals surface area contributed by atoms with E-state index in [0.717, 1.165) is 12.1 Å². The highest BCUT2D eigenvalue weighted by atomic mass is 79.9. The normalized spacial score (nSPS) is 17.8. The van der Waals surface area contributed by atoms with E-state index in [0.29, 0.717) is 12.8 Å². The maximum Gasteiger partial charge on any atom is 0.303 e. The number of piperidine rings is 1. The van der Waals surface area contributed by atoms with Crippen molar-refractivity contribution in [2.75, 3.05) is 13.1 Å². The van der Waals surface area contributed by atoms with Crippen molar-refractivity contribution in [3.05, 3.63) is 28.5 Å². The molecular weight excluding hydrogens is 365 g/mol. The van der Waals surface area contributed by atoms with Gasteiger partial charge in [0.05, 0.1) is 4.90 Å². The lowest BCUT2D eigenvalue weighted by Crippen LogP contribution is -2.39. The molecule has 1 aromatic carbocycles. The van der Waals surface area contributed by atoms with Gasteiger partial charge >= 0.3 is 5.97 Å². The second kappa shape index (κ2) is 6.41. The molecule has 1 aliphatic heterocycles. The van der Waals surface area contributed by atoms with Gasteiger partial charge in [-0.25, -0.2) is 12.8 Å². The number of hydrogen-bond acceptors (Lipinski definition) is 3. The fourth-order valence-electron chi connectivity index (χ4n) is 2.42. The van der Waals surface area contributed by atoms with E-state index in [1.807, 2.05) is 0 Å². The number of sulfonamides is 1. The zero-order valence-electron chi connectivity index (χ0n) is 11.1. The van der Waals surface area contributed by atoms with Gasteiger partial charge in [0.1, 0.15) is 5.82 Å². The van der Waals surface area contributed by atoms with Crippen LogP contribution in [0.5, 0.6) is 0 Å². The second-order valence-electron chi connectivity index (χ2n) is 5.02. The molecule has 1 N–H and O–H groups in total. The largest absolute Gasteiger partial charge is 0.481 e. The van der Waals surface area contributed by atoms with Gasteiger partial charge in [-0.05, 0) is 52.9 Å². The van der Waals surface area contributed by atoms with Crippen LogP contribution in [0.4, 0.5) is 4.39 Å². The van der Waals surface area contributed by atoms with Crippen molar-refractivity contribution in [3.8, 4) is 0 Å². The molecule has 21 heavy (non-hydrogen) atoms. The summed E-state index contributed by atoms with van der Waals surface area (Å²) >= 11 is 3.07. The number of carboxylic acids is 1. The number of nitrogens with zero attached hydrogens (tertiary/aromatic N) is 1. The van der Waals surface area contributed by atoms with Crippen molar-refractivity contribution in [2.45, 2.75) is 24.2 Å². The van der Waals surface area contributed by atoms with Crippen LogP contribution in [0.15, 0.2) is 27.6 Å². The van der Waals surface area contributed by atoms with Crippen LogP contribution in [0.3, 0.4) is 0 Å². The third-order valence-electron chi connectivity index (χ3n) is 3.55. The Labute approximate surface area is 130 Å². The Morgan fingerprint density at radius 1 is 1.38 bits per heavy atom. The molecule has 0 spiro atoms. The minimum absolute atomic E-state index is 0.00519. The summed E-state index contributed by atoms with van der Waals surface area (Å²) < 4.78 is 39.6. The SMILES string of the molecule is O=C(O)CC1CCN(S(=O)(=O)c2ccc(F)cc2Br)CC1. The Morgan fingerprint density at radius 2 is 2.00 bits per heavy atom. The highest BCUT2D eigenvalue weighted by Gasteiger charge is 2.31. The number of benzene rings is 1. The van der Waals surface area contributed by atoms with Crippen LogP contribution in [0.2, 0.25) is 0 Å². The number of carbonyl (C=O) groups is 1. The number of hydrogen-bond donors (Lipinski definition) is 1. The maximum atomic E-state index is 13.1. The molecule has 0 radical (unpaired) electrons. The molecule has 0 amide bonds. The van der Waals surface area contributed by atoms with Crippen LogP contribution < -0.4 is 0 Å². The van der Waals surface area contributed by atoms with Gasteiger partial charge in [0.25, 0.3) is 0 Å². The van der Waals surface area contributed by atoms with Gasteiger partial charge < -0.3 is 5.11 Å². The molecule has 116 valence electrons. The van der Waals surface area contributed by atoms with E-state index in [1.54, 1.807) is 0 Å². The van der Waals surface area contributed by atoms with E-state index in [9.17, 15) is 17.6 Å². The van der Waals surface area contributed by atoms with Crippen molar-refractivity contribution in [2.24, 2.45) is 5.92 Å². The standard InChI is InChI=1S/C13H15BrFNO4S/c14-11-8-10(15)1-2-12(11)21(19,20)16-5-3-9(4-6-16)7-13(17)18/h1-2,8-9H,3-7H2,(H,17,18). The number of rotatable bonds is 4. The minimum atomic E-state index is -3.69. The summed E-state index contributed by atoms with van der Waals surface area (Å²) in [6, 6.07) is 3.46. The van der Waals surface area contributed by atoms with Gasteiger partial charge in [0, 0.05) is 24.0 Å². The predicted molar refractivity (Wildman–Crippen MR) is 77.8 cm³/mol. The summed E-state index contributed by atoms with van der Waals surface area (Å²) in [5.74, 6) is -1.37. The smallest absolute Gasteiger partial charge is 0.303 e. The van der Waals surface area contributed by atoms with Crippen molar-refractivity contribution in [1.29, 1.82) is 0 Å². The first kappa shape index (κ1) is 16.4. The second-order valence-corrected chi connectivity index (χ2v) is 7.78. The molecule has 0 saturated carbocycles. The quantitative estimate of drug-likeness (QED) is 0.871. The highest BCUT2D eigenvalue weighted by molar-refractivity contribution is 9.10.